The number of amides is 3. The molecule has 0 aliphatic rings. The van der Waals surface area contributed by atoms with E-state index in [2.05, 4.69) is 16.0 Å². The Labute approximate surface area is 157 Å². The standard InChI is InChI=1S/C16H22Cl2N4O3/c1-3-6-19-14(23)8-20-15(24)9-22(2)10-16(25)21-11-4-5-12(17)13(18)7-11/h4-5,7H,3,6,8-10H2,1-2H3,(H,19,23)(H,20,24)(H,21,25)/p+1. The summed E-state index contributed by atoms with van der Waals surface area (Å²) in [6, 6.07) is 4.79. The van der Waals surface area contributed by atoms with E-state index < -0.39 is 0 Å². The van der Waals surface area contributed by atoms with Crippen LogP contribution in [0.2, 0.25) is 10.0 Å². The van der Waals surface area contributed by atoms with Crippen molar-refractivity contribution >= 4 is 46.6 Å². The van der Waals surface area contributed by atoms with E-state index in [4.69, 9.17) is 23.2 Å². The van der Waals surface area contributed by atoms with E-state index in [1.165, 1.54) is 0 Å². The van der Waals surface area contributed by atoms with E-state index in [-0.39, 0.29) is 37.4 Å². The number of likely N-dealkylation sites (N-methyl/N-ethyl adjacent to an activating group) is 1. The summed E-state index contributed by atoms with van der Waals surface area (Å²) in [6.07, 6.45) is 0.834. The summed E-state index contributed by atoms with van der Waals surface area (Å²) >= 11 is 11.7. The number of hydrogen-bond donors (Lipinski definition) is 4. The van der Waals surface area contributed by atoms with Crippen molar-refractivity contribution in [2.45, 2.75) is 13.3 Å². The van der Waals surface area contributed by atoms with Gasteiger partial charge in [-0.3, -0.25) is 14.4 Å². The summed E-state index contributed by atoms with van der Waals surface area (Å²) in [5, 5.41) is 8.63. The van der Waals surface area contributed by atoms with Crippen molar-refractivity contribution in [1.29, 1.82) is 0 Å². The molecule has 0 fully saturated rings. The first-order valence-electron chi connectivity index (χ1n) is 7.91. The van der Waals surface area contributed by atoms with Crippen LogP contribution >= 0.6 is 23.2 Å². The van der Waals surface area contributed by atoms with Crippen LogP contribution in [-0.2, 0) is 14.4 Å². The van der Waals surface area contributed by atoms with Crippen LogP contribution in [0, 0.1) is 0 Å². The number of halogens is 2. The Morgan fingerprint density at radius 2 is 1.68 bits per heavy atom. The van der Waals surface area contributed by atoms with E-state index in [1.54, 1.807) is 25.2 Å². The third kappa shape index (κ3) is 8.72. The maximum absolute atomic E-state index is 12.0. The van der Waals surface area contributed by atoms with Gasteiger partial charge in [0.05, 0.1) is 23.6 Å². The largest absolute Gasteiger partial charge is 0.355 e. The Morgan fingerprint density at radius 1 is 1.00 bits per heavy atom. The Kier molecular flexibility index (Phi) is 9.26. The maximum Gasteiger partial charge on any atom is 0.279 e. The van der Waals surface area contributed by atoms with Gasteiger partial charge >= 0.3 is 0 Å². The molecule has 0 radical (unpaired) electrons. The third-order valence-electron chi connectivity index (χ3n) is 3.15. The average molecular weight is 390 g/mol. The molecule has 138 valence electrons. The molecule has 9 heteroatoms. The molecule has 0 saturated heterocycles. The van der Waals surface area contributed by atoms with Crippen molar-refractivity contribution in [2.24, 2.45) is 0 Å². The van der Waals surface area contributed by atoms with Crippen LogP contribution in [-0.4, -0.2) is 50.9 Å². The van der Waals surface area contributed by atoms with Crippen LogP contribution < -0.4 is 20.9 Å². The molecule has 1 rings (SSSR count). The Balaban J connectivity index is 2.33. The quantitative estimate of drug-likeness (QED) is 0.482. The molecule has 1 atom stereocenters. The van der Waals surface area contributed by atoms with Gasteiger partial charge in [0.25, 0.3) is 11.8 Å². The molecule has 0 saturated carbocycles. The van der Waals surface area contributed by atoms with Crippen molar-refractivity contribution in [3.8, 4) is 0 Å². The number of anilines is 1. The third-order valence-corrected chi connectivity index (χ3v) is 3.89. The predicted molar refractivity (Wildman–Crippen MR) is 98.0 cm³/mol. The molecule has 7 nitrogen and oxygen atoms in total. The Hall–Kier alpha value is -1.83. The molecule has 0 spiro atoms. The van der Waals surface area contributed by atoms with E-state index in [9.17, 15) is 14.4 Å². The molecular weight excluding hydrogens is 367 g/mol. The minimum absolute atomic E-state index is 0.0679. The number of carbonyl (C=O) groups is 3. The Bertz CT molecular complexity index is 625. The number of nitrogens with one attached hydrogen (secondary N) is 4. The fourth-order valence-electron chi connectivity index (χ4n) is 1.96. The van der Waals surface area contributed by atoms with Gasteiger partial charge in [-0.2, -0.15) is 0 Å². The van der Waals surface area contributed by atoms with Gasteiger partial charge in [0.2, 0.25) is 5.91 Å². The molecule has 0 aliphatic heterocycles. The van der Waals surface area contributed by atoms with Gasteiger partial charge in [0.15, 0.2) is 13.1 Å². The first-order chi connectivity index (χ1) is 11.8. The molecule has 0 bridgehead atoms. The lowest BCUT2D eigenvalue weighted by Crippen LogP contribution is -3.11. The van der Waals surface area contributed by atoms with Crippen LogP contribution in [0.4, 0.5) is 5.69 Å². The summed E-state index contributed by atoms with van der Waals surface area (Å²) in [5.41, 5.74) is 0.532. The van der Waals surface area contributed by atoms with Gasteiger partial charge in [-0.15, -0.1) is 0 Å². The van der Waals surface area contributed by atoms with Gasteiger partial charge in [0.1, 0.15) is 0 Å². The number of carbonyl (C=O) groups excluding carboxylic acids is 3. The number of hydrogen-bond acceptors (Lipinski definition) is 3. The monoisotopic (exact) mass is 389 g/mol. The summed E-state index contributed by atoms with van der Waals surface area (Å²) in [6.45, 7) is 2.63. The van der Waals surface area contributed by atoms with Crippen LogP contribution in [0.5, 0.6) is 0 Å². The molecular formula is C16H23Cl2N4O3+. The van der Waals surface area contributed by atoms with Gasteiger partial charge in [-0.05, 0) is 24.6 Å². The highest BCUT2D eigenvalue weighted by Gasteiger charge is 2.15. The lowest BCUT2D eigenvalue weighted by molar-refractivity contribution is -0.862. The average Bonchev–Trinajstić information content (AvgIpc) is 2.54. The normalized spacial score (nSPS) is 11.5. The van der Waals surface area contributed by atoms with Crippen molar-refractivity contribution in [3.05, 3.63) is 28.2 Å². The second kappa shape index (κ2) is 10.9. The van der Waals surface area contributed by atoms with Crippen molar-refractivity contribution in [1.82, 2.24) is 10.6 Å². The van der Waals surface area contributed by atoms with Gasteiger partial charge in [-0.25, -0.2) is 0 Å². The van der Waals surface area contributed by atoms with E-state index >= 15 is 0 Å². The number of quaternary nitrogens is 1. The maximum atomic E-state index is 12.0. The molecule has 25 heavy (non-hydrogen) atoms. The second-order valence-electron chi connectivity index (χ2n) is 5.61. The summed E-state index contributed by atoms with van der Waals surface area (Å²) in [5.74, 6) is -0.791. The summed E-state index contributed by atoms with van der Waals surface area (Å²) in [4.78, 5) is 35.9. The minimum Gasteiger partial charge on any atom is -0.355 e. The summed E-state index contributed by atoms with van der Waals surface area (Å²) in [7, 11) is 1.71. The van der Waals surface area contributed by atoms with Gasteiger partial charge in [-0.1, -0.05) is 30.1 Å². The van der Waals surface area contributed by atoms with Crippen LogP contribution in [0.15, 0.2) is 18.2 Å². The molecule has 0 aromatic heterocycles. The van der Waals surface area contributed by atoms with Crippen LogP contribution in [0.3, 0.4) is 0 Å². The SMILES string of the molecule is CCCNC(=O)CNC(=O)C[NH+](C)CC(=O)Nc1ccc(Cl)c(Cl)c1. The molecule has 0 heterocycles. The fourth-order valence-corrected chi connectivity index (χ4v) is 2.26. The van der Waals surface area contributed by atoms with E-state index in [1.807, 2.05) is 6.92 Å². The summed E-state index contributed by atoms with van der Waals surface area (Å²) < 4.78 is 0. The zero-order valence-electron chi connectivity index (χ0n) is 14.2. The topological polar surface area (TPSA) is 91.7 Å². The first kappa shape index (κ1) is 21.2. The molecule has 1 aromatic carbocycles. The smallest absolute Gasteiger partial charge is 0.279 e. The highest BCUT2D eigenvalue weighted by molar-refractivity contribution is 6.42. The van der Waals surface area contributed by atoms with E-state index in [0.29, 0.717) is 27.2 Å². The van der Waals surface area contributed by atoms with Crippen LogP contribution in [0.1, 0.15) is 13.3 Å². The highest BCUT2D eigenvalue weighted by Crippen LogP contribution is 2.24. The lowest BCUT2D eigenvalue weighted by Gasteiger charge is -2.14. The van der Waals surface area contributed by atoms with E-state index in [0.717, 1.165) is 6.42 Å². The first-order valence-corrected chi connectivity index (χ1v) is 8.67. The van der Waals surface area contributed by atoms with Crippen molar-refractivity contribution < 1.29 is 19.3 Å². The van der Waals surface area contributed by atoms with Crippen molar-refractivity contribution in [3.63, 3.8) is 0 Å². The van der Waals surface area contributed by atoms with Crippen LogP contribution in [0.25, 0.3) is 0 Å². The number of rotatable bonds is 9. The molecule has 1 aromatic rings. The van der Waals surface area contributed by atoms with Gasteiger partial charge < -0.3 is 20.9 Å². The zero-order valence-corrected chi connectivity index (χ0v) is 15.8. The van der Waals surface area contributed by atoms with Gasteiger partial charge in [0, 0.05) is 12.2 Å². The number of benzene rings is 1. The molecule has 3 amide bonds. The van der Waals surface area contributed by atoms with Crippen molar-refractivity contribution in [2.75, 3.05) is 38.5 Å². The zero-order chi connectivity index (χ0) is 18.8. The fraction of sp³-hybridized carbons (Fsp3) is 0.438. The highest BCUT2D eigenvalue weighted by atomic mass is 35.5. The molecule has 4 N–H and O–H groups in total. The minimum atomic E-state index is -0.300. The second-order valence-corrected chi connectivity index (χ2v) is 6.43. The predicted octanol–water partition coefficient (Wildman–Crippen LogP) is 0.0890. The molecule has 0 aliphatic carbocycles. The Morgan fingerprint density at radius 3 is 2.32 bits per heavy atom. The lowest BCUT2D eigenvalue weighted by atomic mass is 10.3. The molecule has 1 unspecified atom stereocenters.